The summed E-state index contributed by atoms with van der Waals surface area (Å²) >= 11 is 0. The lowest BCUT2D eigenvalue weighted by Crippen LogP contribution is -1.99. The first-order chi connectivity index (χ1) is 8.17. The standard InChI is InChI=1S/C14H19N3/c1-4-17-11(3)14(10(2)16-17)13-7-5-6-12(8-13)9-15/h5-8H,4,9,15H2,1-3H3. The molecule has 1 aromatic heterocycles. The molecule has 17 heavy (non-hydrogen) atoms. The fourth-order valence-corrected chi connectivity index (χ4v) is 2.28. The van der Waals surface area contributed by atoms with Crippen molar-refractivity contribution in [3.8, 4) is 11.1 Å². The first-order valence-electron chi connectivity index (χ1n) is 6.00. The number of aromatic nitrogens is 2. The van der Waals surface area contributed by atoms with Gasteiger partial charge < -0.3 is 5.73 Å². The van der Waals surface area contributed by atoms with Crippen molar-refractivity contribution < 1.29 is 0 Å². The number of nitrogens with two attached hydrogens (primary N) is 1. The molecule has 0 saturated carbocycles. The predicted octanol–water partition coefficient (Wildman–Crippen LogP) is 2.65. The van der Waals surface area contributed by atoms with Crippen molar-refractivity contribution in [2.75, 3.05) is 0 Å². The summed E-state index contributed by atoms with van der Waals surface area (Å²) in [4.78, 5) is 0. The third kappa shape index (κ3) is 2.11. The Bertz CT molecular complexity index is 526. The molecule has 0 bridgehead atoms. The fraction of sp³-hybridized carbons (Fsp3) is 0.357. The van der Waals surface area contributed by atoms with Crippen LogP contribution in [-0.2, 0) is 13.1 Å². The Morgan fingerprint density at radius 1 is 1.29 bits per heavy atom. The van der Waals surface area contributed by atoms with Crippen LogP contribution in [0.3, 0.4) is 0 Å². The number of hydrogen-bond acceptors (Lipinski definition) is 2. The zero-order valence-corrected chi connectivity index (χ0v) is 10.7. The van der Waals surface area contributed by atoms with Crippen molar-refractivity contribution in [3.05, 3.63) is 41.2 Å². The van der Waals surface area contributed by atoms with Crippen LogP contribution in [0.25, 0.3) is 11.1 Å². The summed E-state index contributed by atoms with van der Waals surface area (Å²) < 4.78 is 2.04. The summed E-state index contributed by atoms with van der Waals surface area (Å²) in [6.07, 6.45) is 0. The fourth-order valence-electron chi connectivity index (χ4n) is 2.28. The number of aryl methyl sites for hydroxylation is 2. The molecule has 1 heterocycles. The van der Waals surface area contributed by atoms with E-state index in [1.54, 1.807) is 0 Å². The first-order valence-corrected chi connectivity index (χ1v) is 6.00. The van der Waals surface area contributed by atoms with Gasteiger partial charge in [-0.1, -0.05) is 18.2 Å². The average Bonchev–Trinajstić information content (AvgIpc) is 2.64. The van der Waals surface area contributed by atoms with Crippen LogP contribution >= 0.6 is 0 Å². The topological polar surface area (TPSA) is 43.8 Å². The van der Waals surface area contributed by atoms with Gasteiger partial charge in [0.25, 0.3) is 0 Å². The molecule has 2 aromatic rings. The molecule has 0 fully saturated rings. The third-order valence-electron chi connectivity index (χ3n) is 3.13. The summed E-state index contributed by atoms with van der Waals surface area (Å²) in [6.45, 7) is 7.77. The summed E-state index contributed by atoms with van der Waals surface area (Å²) in [5.74, 6) is 0. The van der Waals surface area contributed by atoms with Crippen molar-refractivity contribution in [1.82, 2.24) is 9.78 Å². The molecule has 90 valence electrons. The molecule has 0 aliphatic carbocycles. The molecule has 0 radical (unpaired) electrons. The second-order valence-corrected chi connectivity index (χ2v) is 4.27. The second kappa shape index (κ2) is 4.72. The van der Waals surface area contributed by atoms with Gasteiger partial charge >= 0.3 is 0 Å². The van der Waals surface area contributed by atoms with Crippen LogP contribution in [-0.4, -0.2) is 9.78 Å². The monoisotopic (exact) mass is 229 g/mol. The minimum absolute atomic E-state index is 0.577. The van der Waals surface area contributed by atoms with E-state index < -0.39 is 0 Å². The maximum atomic E-state index is 5.68. The molecular formula is C14H19N3. The van der Waals surface area contributed by atoms with Gasteiger partial charge in [-0.2, -0.15) is 5.10 Å². The van der Waals surface area contributed by atoms with E-state index in [0.717, 1.165) is 17.8 Å². The second-order valence-electron chi connectivity index (χ2n) is 4.27. The molecule has 0 aliphatic heterocycles. The van der Waals surface area contributed by atoms with Crippen molar-refractivity contribution in [2.24, 2.45) is 5.73 Å². The van der Waals surface area contributed by atoms with Gasteiger partial charge in [0.15, 0.2) is 0 Å². The molecule has 0 unspecified atom stereocenters. The summed E-state index contributed by atoms with van der Waals surface area (Å²) in [6, 6.07) is 8.38. The molecule has 3 heteroatoms. The van der Waals surface area contributed by atoms with E-state index in [2.05, 4.69) is 50.1 Å². The van der Waals surface area contributed by atoms with Gasteiger partial charge in [-0.3, -0.25) is 4.68 Å². The Labute approximate surface area is 102 Å². The maximum absolute atomic E-state index is 5.68. The number of benzene rings is 1. The van der Waals surface area contributed by atoms with Gasteiger partial charge in [0.05, 0.1) is 5.69 Å². The minimum atomic E-state index is 0.577. The molecule has 3 nitrogen and oxygen atoms in total. The van der Waals surface area contributed by atoms with E-state index in [1.807, 2.05) is 4.68 Å². The van der Waals surface area contributed by atoms with Gasteiger partial charge in [-0.15, -0.1) is 0 Å². The zero-order valence-electron chi connectivity index (χ0n) is 10.7. The molecule has 0 amide bonds. The summed E-state index contributed by atoms with van der Waals surface area (Å²) in [7, 11) is 0. The van der Waals surface area contributed by atoms with Gasteiger partial charge in [0.2, 0.25) is 0 Å². The summed E-state index contributed by atoms with van der Waals surface area (Å²) in [5, 5.41) is 4.55. The van der Waals surface area contributed by atoms with Crippen molar-refractivity contribution >= 4 is 0 Å². The highest BCUT2D eigenvalue weighted by atomic mass is 15.3. The van der Waals surface area contributed by atoms with Gasteiger partial charge in [-0.25, -0.2) is 0 Å². The first kappa shape index (κ1) is 11.9. The van der Waals surface area contributed by atoms with Crippen LogP contribution in [0.5, 0.6) is 0 Å². The highest BCUT2D eigenvalue weighted by Crippen LogP contribution is 2.27. The molecule has 2 N–H and O–H groups in total. The lowest BCUT2D eigenvalue weighted by Gasteiger charge is -2.05. The number of nitrogens with zero attached hydrogens (tertiary/aromatic N) is 2. The molecule has 0 atom stereocenters. The zero-order chi connectivity index (χ0) is 12.4. The highest BCUT2D eigenvalue weighted by Gasteiger charge is 2.12. The van der Waals surface area contributed by atoms with Crippen molar-refractivity contribution in [2.45, 2.75) is 33.9 Å². The number of hydrogen-bond donors (Lipinski definition) is 1. The molecule has 0 spiro atoms. The van der Waals surface area contributed by atoms with E-state index in [1.165, 1.54) is 16.8 Å². The predicted molar refractivity (Wildman–Crippen MR) is 70.7 cm³/mol. The molecule has 0 saturated heterocycles. The third-order valence-corrected chi connectivity index (χ3v) is 3.13. The molecular weight excluding hydrogens is 210 g/mol. The van der Waals surface area contributed by atoms with Crippen molar-refractivity contribution in [1.29, 1.82) is 0 Å². The maximum Gasteiger partial charge on any atom is 0.0674 e. The number of rotatable bonds is 3. The SMILES string of the molecule is CCn1nc(C)c(-c2cccc(CN)c2)c1C. The molecule has 1 aromatic carbocycles. The van der Waals surface area contributed by atoms with Gasteiger partial charge in [-0.05, 0) is 38.0 Å². The Balaban J connectivity index is 2.55. The van der Waals surface area contributed by atoms with E-state index in [0.29, 0.717) is 6.54 Å². The highest BCUT2D eigenvalue weighted by molar-refractivity contribution is 5.69. The van der Waals surface area contributed by atoms with Crippen LogP contribution < -0.4 is 5.73 Å². The van der Waals surface area contributed by atoms with Crippen LogP contribution in [0.15, 0.2) is 24.3 Å². The van der Waals surface area contributed by atoms with Gasteiger partial charge in [0.1, 0.15) is 0 Å². The van der Waals surface area contributed by atoms with E-state index >= 15 is 0 Å². The Morgan fingerprint density at radius 2 is 2.06 bits per heavy atom. The van der Waals surface area contributed by atoms with Crippen LogP contribution in [0.2, 0.25) is 0 Å². The average molecular weight is 229 g/mol. The van der Waals surface area contributed by atoms with Crippen LogP contribution in [0.1, 0.15) is 23.9 Å². The van der Waals surface area contributed by atoms with E-state index in [9.17, 15) is 0 Å². The quantitative estimate of drug-likeness (QED) is 0.879. The largest absolute Gasteiger partial charge is 0.326 e. The Morgan fingerprint density at radius 3 is 2.65 bits per heavy atom. The Hall–Kier alpha value is -1.61. The minimum Gasteiger partial charge on any atom is -0.326 e. The van der Waals surface area contributed by atoms with Crippen LogP contribution in [0.4, 0.5) is 0 Å². The normalized spacial score (nSPS) is 10.8. The molecule has 0 aliphatic rings. The molecule has 2 rings (SSSR count). The lowest BCUT2D eigenvalue weighted by atomic mass is 10.0. The summed E-state index contributed by atoms with van der Waals surface area (Å²) in [5.41, 5.74) is 11.6. The lowest BCUT2D eigenvalue weighted by molar-refractivity contribution is 0.634. The van der Waals surface area contributed by atoms with Gasteiger partial charge in [0, 0.05) is 24.3 Å². The van der Waals surface area contributed by atoms with E-state index in [4.69, 9.17) is 5.73 Å². The van der Waals surface area contributed by atoms with Crippen LogP contribution in [0, 0.1) is 13.8 Å². The van der Waals surface area contributed by atoms with Crippen molar-refractivity contribution in [3.63, 3.8) is 0 Å². The smallest absolute Gasteiger partial charge is 0.0674 e. The van der Waals surface area contributed by atoms with E-state index in [-0.39, 0.29) is 0 Å². The Kier molecular flexibility index (Phi) is 3.29.